The summed E-state index contributed by atoms with van der Waals surface area (Å²) in [5.41, 5.74) is -1.30. The summed E-state index contributed by atoms with van der Waals surface area (Å²) in [7, 11) is 1.59. The molecule has 0 aliphatic carbocycles. The Bertz CT molecular complexity index is 898. The molecule has 136 valence electrons. The van der Waals surface area contributed by atoms with Crippen molar-refractivity contribution < 1.29 is 9.84 Å². The zero-order valence-corrected chi connectivity index (χ0v) is 14.9. The van der Waals surface area contributed by atoms with Crippen LogP contribution < -0.4 is 11.2 Å². The molecule has 2 aromatic rings. The second kappa shape index (κ2) is 7.68. The number of fused-ring (bicyclic) bond motifs is 1. The van der Waals surface area contributed by atoms with Gasteiger partial charge in [-0.25, -0.2) is 9.78 Å². The normalized spacial score (nSPS) is 13.7. The van der Waals surface area contributed by atoms with Crippen molar-refractivity contribution >= 4 is 11.2 Å². The van der Waals surface area contributed by atoms with Gasteiger partial charge in [0, 0.05) is 20.2 Å². The van der Waals surface area contributed by atoms with Crippen LogP contribution in [0, 0.1) is 12.3 Å². The van der Waals surface area contributed by atoms with E-state index in [0.29, 0.717) is 37.0 Å². The van der Waals surface area contributed by atoms with Crippen LogP contribution in [0.25, 0.3) is 11.2 Å². The van der Waals surface area contributed by atoms with Crippen molar-refractivity contribution in [3.63, 3.8) is 0 Å². The van der Waals surface area contributed by atoms with Crippen molar-refractivity contribution in [2.24, 2.45) is 7.05 Å². The fourth-order valence-electron chi connectivity index (χ4n) is 2.62. The number of terminal acetylenes is 1. The average Bonchev–Trinajstić information content (AvgIpc) is 3.01. The molecule has 1 unspecified atom stereocenters. The lowest BCUT2D eigenvalue weighted by molar-refractivity contribution is 0.0903. The van der Waals surface area contributed by atoms with Gasteiger partial charge in [0.05, 0.1) is 6.33 Å². The summed E-state index contributed by atoms with van der Waals surface area (Å²) in [5.74, 6) is 2.32. The van der Waals surface area contributed by atoms with E-state index in [1.54, 1.807) is 18.5 Å². The highest BCUT2D eigenvalue weighted by molar-refractivity contribution is 5.69. The summed E-state index contributed by atoms with van der Waals surface area (Å²) in [6.45, 7) is 4.39. The molecule has 25 heavy (non-hydrogen) atoms. The predicted octanol–water partition coefficient (Wildman–Crippen LogP) is 0.445. The molecule has 2 heterocycles. The molecule has 0 saturated carbocycles. The highest BCUT2D eigenvalue weighted by Gasteiger charge is 2.18. The van der Waals surface area contributed by atoms with Gasteiger partial charge in [0.2, 0.25) is 0 Å². The van der Waals surface area contributed by atoms with Crippen LogP contribution in [0.4, 0.5) is 0 Å². The predicted molar refractivity (Wildman–Crippen MR) is 94.2 cm³/mol. The van der Waals surface area contributed by atoms with Gasteiger partial charge in [0.25, 0.3) is 5.56 Å². The van der Waals surface area contributed by atoms with E-state index in [1.807, 2.05) is 6.92 Å². The van der Waals surface area contributed by atoms with Crippen molar-refractivity contribution in [1.29, 1.82) is 0 Å². The quantitative estimate of drug-likeness (QED) is 0.552. The minimum atomic E-state index is -1.17. The maximum atomic E-state index is 12.7. The molecular weight excluding hydrogens is 324 g/mol. The smallest absolute Gasteiger partial charge is 0.332 e. The van der Waals surface area contributed by atoms with E-state index in [9.17, 15) is 14.7 Å². The summed E-state index contributed by atoms with van der Waals surface area (Å²) in [4.78, 5) is 29.3. The SMILES string of the molecule is C#CC(C)(O)CCCCn1c(=O)c2c(ncn2COCC)n(C)c1=O. The van der Waals surface area contributed by atoms with E-state index in [-0.39, 0.29) is 18.8 Å². The first-order valence-corrected chi connectivity index (χ1v) is 8.25. The first kappa shape index (κ1) is 19.0. The van der Waals surface area contributed by atoms with Gasteiger partial charge in [0.1, 0.15) is 12.3 Å². The largest absolute Gasteiger partial charge is 0.378 e. The Hall–Kier alpha value is -2.37. The first-order valence-electron chi connectivity index (χ1n) is 8.25. The molecule has 0 saturated heterocycles. The summed E-state index contributed by atoms with van der Waals surface area (Å²) in [6.07, 6.45) is 8.30. The summed E-state index contributed by atoms with van der Waals surface area (Å²) >= 11 is 0. The summed E-state index contributed by atoms with van der Waals surface area (Å²) in [5, 5.41) is 9.81. The van der Waals surface area contributed by atoms with Crippen molar-refractivity contribution in [2.75, 3.05) is 6.61 Å². The van der Waals surface area contributed by atoms with Crippen LogP contribution in [0.2, 0.25) is 0 Å². The van der Waals surface area contributed by atoms with E-state index in [2.05, 4.69) is 10.9 Å². The molecule has 0 radical (unpaired) electrons. The number of nitrogens with zero attached hydrogens (tertiary/aromatic N) is 4. The highest BCUT2D eigenvalue weighted by Crippen LogP contribution is 2.12. The molecule has 0 aliphatic heterocycles. The second-order valence-corrected chi connectivity index (χ2v) is 6.18. The summed E-state index contributed by atoms with van der Waals surface area (Å²) in [6, 6.07) is 0. The van der Waals surface area contributed by atoms with Crippen molar-refractivity contribution in [1.82, 2.24) is 18.7 Å². The molecule has 0 aliphatic rings. The zero-order chi connectivity index (χ0) is 18.6. The Labute approximate surface area is 145 Å². The van der Waals surface area contributed by atoms with Gasteiger partial charge < -0.3 is 14.4 Å². The second-order valence-electron chi connectivity index (χ2n) is 6.18. The van der Waals surface area contributed by atoms with E-state index < -0.39 is 11.3 Å². The topological polar surface area (TPSA) is 91.3 Å². The van der Waals surface area contributed by atoms with E-state index >= 15 is 0 Å². The Balaban J connectivity index is 2.29. The van der Waals surface area contributed by atoms with Crippen LogP contribution in [-0.4, -0.2) is 36.0 Å². The molecule has 8 nitrogen and oxygen atoms in total. The monoisotopic (exact) mass is 348 g/mol. The maximum absolute atomic E-state index is 12.7. The fourth-order valence-corrected chi connectivity index (χ4v) is 2.62. The third-order valence-electron chi connectivity index (χ3n) is 4.14. The molecule has 0 bridgehead atoms. The number of aromatic nitrogens is 4. The standard InChI is InChI=1S/C17H24N4O4/c1-5-17(3,24)9-7-8-10-21-15(22)13-14(19(4)16(21)23)18-11-20(13)12-25-6-2/h1,11,24H,6-10,12H2,2-4H3. The molecule has 1 atom stereocenters. The highest BCUT2D eigenvalue weighted by atomic mass is 16.5. The van der Waals surface area contributed by atoms with E-state index in [1.165, 1.54) is 15.5 Å². The lowest BCUT2D eigenvalue weighted by atomic mass is 10.0. The van der Waals surface area contributed by atoms with Gasteiger partial charge in [-0.05, 0) is 33.1 Å². The third kappa shape index (κ3) is 4.00. The Morgan fingerprint density at radius 2 is 2.12 bits per heavy atom. The van der Waals surface area contributed by atoms with Crippen LogP contribution in [0.3, 0.4) is 0 Å². The number of hydrogen-bond acceptors (Lipinski definition) is 5. The van der Waals surface area contributed by atoms with Crippen LogP contribution in [0.5, 0.6) is 0 Å². The van der Waals surface area contributed by atoms with Crippen LogP contribution in [0.1, 0.15) is 33.1 Å². The lowest BCUT2D eigenvalue weighted by Gasteiger charge is -2.15. The van der Waals surface area contributed by atoms with Crippen molar-refractivity contribution in [2.45, 2.75) is 52.0 Å². The van der Waals surface area contributed by atoms with Gasteiger partial charge in [0.15, 0.2) is 11.2 Å². The molecular formula is C17H24N4O4. The van der Waals surface area contributed by atoms with Crippen LogP contribution in [0.15, 0.2) is 15.9 Å². The molecule has 0 aromatic carbocycles. The maximum Gasteiger partial charge on any atom is 0.332 e. The molecule has 2 rings (SSSR count). The summed E-state index contributed by atoms with van der Waals surface area (Å²) < 4.78 is 9.49. The molecule has 0 amide bonds. The minimum absolute atomic E-state index is 0.200. The van der Waals surface area contributed by atoms with Gasteiger partial charge in [-0.3, -0.25) is 13.9 Å². The third-order valence-corrected chi connectivity index (χ3v) is 4.14. The number of ether oxygens (including phenoxy) is 1. The van der Waals surface area contributed by atoms with Crippen LogP contribution >= 0.6 is 0 Å². The van der Waals surface area contributed by atoms with Crippen molar-refractivity contribution in [3.05, 3.63) is 27.2 Å². The Morgan fingerprint density at radius 1 is 1.40 bits per heavy atom. The zero-order valence-electron chi connectivity index (χ0n) is 14.9. The van der Waals surface area contributed by atoms with Gasteiger partial charge in [-0.15, -0.1) is 6.42 Å². The first-order chi connectivity index (χ1) is 11.8. The Morgan fingerprint density at radius 3 is 2.76 bits per heavy atom. The van der Waals surface area contributed by atoms with Gasteiger partial charge in [-0.2, -0.15) is 0 Å². The van der Waals surface area contributed by atoms with Gasteiger partial charge in [-0.1, -0.05) is 5.92 Å². The molecule has 1 N–H and O–H groups in total. The van der Waals surface area contributed by atoms with E-state index in [0.717, 1.165) is 0 Å². The molecule has 8 heteroatoms. The number of rotatable bonds is 8. The molecule has 0 fully saturated rings. The molecule has 2 aromatic heterocycles. The minimum Gasteiger partial charge on any atom is -0.378 e. The number of hydrogen-bond donors (Lipinski definition) is 1. The lowest BCUT2D eigenvalue weighted by Crippen LogP contribution is -2.39. The fraction of sp³-hybridized carbons (Fsp3) is 0.588. The number of aryl methyl sites for hydroxylation is 1. The molecule has 0 spiro atoms. The Kier molecular flexibility index (Phi) is 5.82. The van der Waals surface area contributed by atoms with Crippen LogP contribution in [-0.2, 0) is 25.1 Å². The number of unbranched alkanes of at least 4 members (excludes halogenated alkanes) is 1. The number of aliphatic hydroxyl groups is 1. The number of imidazole rings is 1. The average molecular weight is 348 g/mol. The van der Waals surface area contributed by atoms with E-state index in [4.69, 9.17) is 11.2 Å². The van der Waals surface area contributed by atoms with Crippen molar-refractivity contribution in [3.8, 4) is 12.3 Å². The van der Waals surface area contributed by atoms with Gasteiger partial charge >= 0.3 is 5.69 Å².